The minimum absolute atomic E-state index is 0.229. The molecule has 0 radical (unpaired) electrons. The SMILES string of the molecule is CCc1nccn1CCCOc1cccc(CN2CCC[C@@](O)(COc3cc(C)ccc3Cl)C2)c1. The predicted octanol–water partition coefficient (Wildman–Crippen LogP) is 5.28. The summed E-state index contributed by atoms with van der Waals surface area (Å²) >= 11 is 6.26. The zero-order valence-corrected chi connectivity index (χ0v) is 21.5. The molecule has 0 aliphatic carbocycles. The van der Waals surface area contributed by atoms with E-state index in [1.54, 1.807) is 0 Å². The summed E-state index contributed by atoms with van der Waals surface area (Å²) in [6, 6.07) is 14.0. The smallest absolute Gasteiger partial charge is 0.138 e. The number of likely N-dealkylation sites (tertiary alicyclic amines) is 1. The van der Waals surface area contributed by atoms with Crippen molar-refractivity contribution >= 4 is 11.6 Å². The van der Waals surface area contributed by atoms with Gasteiger partial charge in [0.15, 0.2) is 0 Å². The number of benzene rings is 2. The molecule has 3 aromatic rings. The molecule has 1 aromatic heterocycles. The molecule has 1 atom stereocenters. The molecule has 0 bridgehead atoms. The number of piperidine rings is 1. The summed E-state index contributed by atoms with van der Waals surface area (Å²) in [5, 5.41) is 11.8. The Labute approximate surface area is 213 Å². The first-order valence-corrected chi connectivity index (χ1v) is 12.9. The summed E-state index contributed by atoms with van der Waals surface area (Å²) in [5.41, 5.74) is 1.36. The first-order valence-electron chi connectivity index (χ1n) is 12.5. The Morgan fingerprint density at radius 2 is 2.06 bits per heavy atom. The van der Waals surface area contributed by atoms with Crippen LogP contribution in [0.3, 0.4) is 0 Å². The number of ether oxygens (including phenoxy) is 2. The van der Waals surface area contributed by atoms with E-state index < -0.39 is 5.60 Å². The van der Waals surface area contributed by atoms with Crippen molar-refractivity contribution in [2.75, 3.05) is 26.3 Å². The first kappa shape index (κ1) is 25.5. The van der Waals surface area contributed by atoms with Crippen LogP contribution in [0.25, 0.3) is 0 Å². The largest absolute Gasteiger partial charge is 0.494 e. The summed E-state index contributed by atoms with van der Waals surface area (Å²) < 4.78 is 14.2. The van der Waals surface area contributed by atoms with Gasteiger partial charge in [-0.15, -0.1) is 0 Å². The van der Waals surface area contributed by atoms with Gasteiger partial charge in [-0.3, -0.25) is 4.90 Å². The number of aromatic nitrogens is 2. The predicted molar refractivity (Wildman–Crippen MR) is 139 cm³/mol. The molecule has 6 nitrogen and oxygen atoms in total. The first-order chi connectivity index (χ1) is 16.9. The van der Waals surface area contributed by atoms with Crippen molar-refractivity contribution in [1.29, 1.82) is 0 Å². The highest BCUT2D eigenvalue weighted by Crippen LogP contribution is 2.29. The van der Waals surface area contributed by atoms with Gasteiger partial charge in [-0.25, -0.2) is 4.98 Å². The van der Waals surface area contributed by atoms with Crippen molar-refractivity contribution in [3.8, 4) is 11.5 Å². The standard InChI is InChI=1S/C28H36ClN3O3/c1-3-27-30-12-15-32(27)14-6-16-34-24-8-4-7-23(18-24)19-31-13-5-11-28(33,20-31)21-35-26-17-22(2)9-10-25(26)29/h4,7-10,12,15,17-18,33H,3,5-6,11,13-14,16,19-21H2,1-2H3/t28-/m0/s1. The number of aryl methyl sites for hydroxylation is 3. The number of halogens is 1. The fourth-order valence-corrected chi connectivity index (χ4v) is 4.84. The van der Waals surface area contributed by atoms with Gasteiger partial charge >= 0.3 is 0 Å². The van der Waals surface area contributed by atoms with Gasteiger partial charge < -0.3 is 19.1 Å². The topological polar surface area (TPSA) is 59.8 Å². The molecular weight excluding hydrogens is 462 g/mol. The van der Waals surface area contributed by atoms with Gasteiger partial charge in [0.25, 0.3) is 0 Å². The molecule has 1 saturated heterocycles. The summed E-state index contributed by atoms with van der Waals surface area (Å²) in [7, 11) is 0. The fraction of sp³-hybridized carbons (Fsp3) is 0.464. The molecule has 0 amide bonds. The molecular formula is C28H36ClN3O3. The van der Waals surface area contributed by atoms with Gasteiger partial charge in [0, 0.05) is 38.4 Å². The van der Waals surface area contributed by atoms with Gasteiger partial charge in [0.05, 0.1) is 11.6 Å². The van der Waals surface area contributed by atoms with Crippen LogP contribution in [0.4, 0.5) is 0 Å². The molecule has 2 aromatic carbocycles. The van der Waals surface area contributed by atoms with Crippen molar-refractivity contribution in [2.45, 2.75) is 58.2 Å². The van der Waals surface area contributed by atoms with Crippen LogP contribution in [0.5, 0.6) is 11.5 Å². The Kier molecular flexibility index (Phi) is 8.71. The van der Waals surface area contributed by atoms with Crippen molar-refractivity contribution in [2.24, 2.45) is 0 Å². The van der Waals surface area contributed by atoms with E-state index >= 15 is 0 Å². The highest BCUT2D eigenvalue weighted by atomic mass is 35.5. The Morgan fingerprint density at radius 1 is 1.17 bits per heavy atom. The lowest BCUT2D eigenvalue weighted by atomic mass is 9.93. The summed E-state index contributed by atoms with van der Waals surface area (Å²) in [4.78, 5) is 6.66. The highest BCUT2D eigenvalue weighted by molar-refractivity contribution is 6.32. The molecule has 35 heavy (non-hydrogen) atoms. The normalized spacial score (nSPS) is 18.5. The zero-order valence-electron chi connectivity index (χ0n) is 20.8. The van der Waals surface area contributed by atoms with Gasteiger partial charge in [0.2, 0.25) is 0 Å². The number of hydrogen-bond acceptors (Lipinski definition) is 5. The monoisotopic (exact) mass is 497 g/mol. The number of aliphatic hydroxyl groups is 1. The number of nitrogens with zero attached hydrogens (tertiary/aromatic N) is 3. The third-order valence-electron chi connectivity index (χ3n) is 6.45. The molecule has 1 fully saturated rings. The van der Waals surface area contributed by atoms with E-state index in [-0.39, 0.29) is 6.61 Å². The zero-order chi connectivity index (χ0) is 24.7. The second-order valence-electron chi connectivity index (χ2n) is 9.50. The second-order valence-corrected chi connectivity index (χ2v) is 9.91. The van der Waals surface area contributed by atoms with Crippen LogP contribution >= 0.6 is 11.6 Å². The van der Waals surface area contributed by atoms with E-state index in [0.717, 1.165) is 56.0 Å². The number of β-amino-alcohol motifs (C(OH)–C–C–N with tert-alkyl or cyclic N) is 1. The Bertz CT molecular complexity index is 1100. The molecule has 2 heterocycles. The second kappa shape index (κ2) is 11.9. The molecule has 7 heteroatoms. The van der Waals surface area contributed by atoms with E-state index in [4.69, 9.17) is 21.1 Å². The maximum absolute atomic E-state index is 11.2. The summed E-state index contributed by atoms with van der Waals surface area (Å²) in [5.74, 6) is 2.62. The van der Waals surface area contributed by atoms with Crippen LogP contribution in [0.2, 0.25) is 5.02 Å². The summed E-state index contributed by atoms with van der Waals surface area (Å²) in [6.45, 7) is 8.19. The molecule has 188 valence electrons. The third-order valence-corrected chi connectivity index (χ3v) is 6.76. The summed E-state index contributed by atoms with van der Waals surface area (Å²) in [6.07, 6.45) is 7.39. The lowest BCUT2D eigenvalue weighted by Gasteiger charge is -2.39. The van der Waals surface area contributed by atoms with Crippen LogP contribution < -0.4 is 9.47 Å². The number of rotatable bonds is 11. The van der Waals surface area contributed by atoms with Gasteiger partial charge in [0.1, 0.15) is 29.5 Å². The molecule has 4 rings (SSSR count). The Morgan fingerprint density at radius 3 is 2.91 bits per heavy atom. The van der Waals surface area contributed by atoms with E-state index in [9.17, 15) is 5.11 Å². The van der Waals surface area contributed by atoms with Crippen LogP contribution in [-0.4, -0.2) is 51.5 Å². The maximum Gasteiger partial charge on any atom is 0.138 e. The van der Waals surface area contributed by atoms with E-state index in [1.165, 1.54) is 5.56 Å². The van der Waals surface area contributed by atoms with E-state index in [0.29, 0.717) is 30.3 Å². The maximum atomic E-state index is 11.2. The Hall–Kier alpha value is -2.54. The molecule has 0 saturated carbocycles. The van der Waals surface area contributed by atoms with Crippen LogP contribution in [0.1, 0.15) is 43.1 Å². The molecule has 0 spiro atoms. The molecule has 1 aliphatic rings. The van der Waals surface area contributed by atoms with Gasteiger partial charge in [-0.2, -0.15) is 0 Å². The van der Waals surface area contributed by atoms with Crippen molar-refractivity contribution in [1.82, 2.24) is 14.5 Å². The lowest BCUT2D eigenvalue weighted by molar-refractivity contribution is -0.0621. The van der Waals surface area contributed by atoms with Crippen molar-refractivity contribution < 1.29 is 14.6 Å². The quantitative estimate of drug-likeness (QED) is 0.365. The Balaban J connectivity index is 1.27. The van der Waals surface area contributed by atoms with Crippen molar-refractivity contribution in [3.63, 3.8) is 0 Å². The van der Waals surface area contributed by atoms with E-state index in [1.807, 2.05) is 49.6 Å². The number of hydrogen-bond donors (Lipinski definition) is 1. The minimum Gasteiger partial charge on any atom is -0.494 e. The molecule has 0 unspecified atom stereocenters. The molecule has 1 aliphatic heterocycles. The van der Waals surface area contributed by atoms with Crippen LogP contribution in [0.15, 0.2) is 54.9 Å². The van der Waals surface area contributed by atoms with E-state index in [2.05, 4.69) is 33.5 Å². The fourth-order valence-electron chi connectivity index (χ4n) is 4.67. The average Bonchev–Trinajstić information content (AvgIpc) is 3.30. The van der Waals surface area contributed by atoms with Gasteiger partial charge in [-0.1, -0.05) is 36.7 Å². The van der Waals surface area contributed by atoms with Crippen LogP contribution in [-0.2, 0) is 19.5 Å². The van der Waals surface area contributed by atoms with Gasteiger partial charge in [-0.05, 0) is 68.1 Å². The average molecular weight is 498 g/mol. The highest BCUT2D eigenvalue weighted by Gasteiger charge is 2.34. The lowest BCUT2D eigenvalue weighted by Crippen LogP contribution is -2.51. The van der Waals surface area contributed by atoms with Crippen LogP contribution in [0, 0.1) is 6.92 Å². The third kappa shape index (κ3) is 7.23. The number of imidazole rings is 1. The molecule has 1 N–H and O–H groups in total. The van der Waals surface area contributed by atoms with Crippen molar-refractivity contribution in [3.05, 3.63) is 76.8 Å². The minimum atomic E-state index is -0.899.